The zero-order chi connectivity index (χ0) is 14.5. The van der Waals surface area contributed by atoms with E-state index < -0.39 is 0 Å². The fourth-order valence-electron chi connectivity index (χ4n) is 2.46. The third-order valence-electron chi connectivity index (χ3n) is 3.51. The van der Waals surface area contributed by atoms with E-state index in [2.05, 4.69) is 33.4 Å². The lowest BCUT2D eigenvalue weighted by atomic mass is 10.0. The number of rotatable bonds is 6. The summed E-state index contributed by atoms with van der Waals surface area (Å²) in [5.41, 5.74) is 3.29. The van der Waals surface area contributed by atoms with Gasteiger partial charge in [0, 0.05) is 42.3 Å². The summed E-state index contributed by atoms with van der Waals surface area (Å²) in [5, 5.41) is 8.00. The van der Waals surface area contributed by atoms with Crippen molar-refractivity contribution in [3.05, 3.63) is 60.4 Å². The third kappa shape index (κ3) is 3.08. The minimum Gasteiger partial charge on any atom is -0.309 e. The van der Waals surface area contributed by atoms with Gasteiger partial charge in [-0.05, 0) is 25.1 Å². The molecule has 3 heterocycles. The van der Waals surface area contributed by atoms with E-state index in [4.69, 9.17) is 0 Å². The molecule has 0 radical (unpaired) electrons. The van der Waals surface area contributed by atoms with Crippen molar-refractivity contribution in [2.75, 3.05) is 6.54 Å². The molecule has 1 N–H and O–H groups in total. The number of pyridine rings is 1. The lowest BCUT2D eigenvalue weighted by Gasteiger charge is -2.17. The van der Waals surface area contributed by atoms with Gasteiger partial charge in [0.05, 0.1) is 17.9 Å². The summed E-state index contributed by atoms with van der Waals surface area (Å²) in [7, 11) is 0. The van der Waals surface area contributed by atoms with Gasteiger partial charge in [0.1, 0.15) is 0 Å². The Bertz CT molecular complexity index is 692. The van der Waals surface area contributed by atoms with Crippen LogP contribution in [0, 0.1) is 0 Å². The molecule has 108 valence electrons. The van der Waals surface area contributed by atoms with E-state index in [0.717, 1.165) is 30.6 Å². The average molecular weight is 281 g/mol. The summed E-state index contributed by atoms with van der Waals surface area (Å²) in [6, 6.07) is 6.22. The van der Waals surface area contributed by atoms with Gasteiger partial charge in [-0.25, -0.2) is 4.52 Å². The van der Waals surface area contributed by atoms with Crippen molar-refractivity contribution in [2.24, 2.45) is 0 Å². The molecule has 0 aliphatic rings. The Hall–Kier alpha value is -2.27. The summed E-state index contributed by atoms with van der Waals surface area (Å²) >= 11 is 0. The van der Waals surface area contributed by atoms with Crippen molar-refractivity contribution in [3.63, 3.8) is 0 Å². The highest BCUT2D eigenvalue weighted by Gasteiger charge is 2.17. The predicted molar refractivity (Wildman–Crippen MR) is 82.0 cm³/mol. The molecule has 3 aromatic heterocycles. The van der Waals surface area contributed by atoms with E-state index >= 15 is 0 Å². The van der Waals surface area contributed by atoms with Gasteiger partial charge in [0.25, 0.3) is 0 Å². The second-order valence-electron chi connectivity index (χ2n) is 5.04. The number of fused-ring (bicyclic) bond motifs is 1. The normalized spacial score (nSPS) is 12.6. The van der Waals surface area contributed by atoms with E-state index in [9.17, 15) is 0 Å². The van der Waals surface area contributed by atoms with Crippen LogP contribution in [0.2, 0.25) is 0 Å². The van der Waals surface area contributed by atoms with Gasteiger partial charge in [0.15, 0.2) is 0 Å². The van der Waals surface area contributed by atoms with Gasteiger partial charge in [-0.1, -0.05) is 13.0 Å². The zero-order valence-corrected chi connectivity index (χ0v) is 12.1. The quantitative estimate of drug-likeness (QED) is 0.754. The van der Waals surface area contributed by atoms with E-state index in [1.165, 1.54) is 5.56 Å². The zero-order valence-electron chi connectivity index (χ0n) is 12.1. The molecule has 5 heteroatoms. The third-order valence-corrected chi connectivity index (χ3v) is 3.51. The second kappa shape index (κ2) is 6.45. The van der Waals surface area contributed by atoms with E-state index in [-0.39, 0.29) is 6.04 Å². The maximum atomic E-state index is 4.43. The molecule has 0 aliphatic carbocycles. The Kier molecular flexibility index (Phi) is 4.21. The lowest BCUT2D eigenvalue weighted by Crippen LogP contribution is -2.24. The average Bonchev–Trinajstić information content (AvgIpc) is 2.96. The first-order chi connectivity index (χ1) is 10.4. The first-order valence-electron chi connectivity index (χ1n) is 7.29. The molecule has 3 aromatic rings. The highest BCUT2D eigenvalue weighted by molar-refractivity contribution is 5.53. The summed E-state index contributed by atoms with van der Waals surface area (Å²) in [4.78, 5) is 8.64. The van der Waals surface area contributed by atoms with Crippen LogP contribution in [0.4, 0.5) is 0 Å². The Morgan fingerprint density at radius 1 is 1.24 bits per heavy atom. The Labute approximate surface area is 124 Å². The summed E-state index contributed by atoms with van der Waals surface area (Å²) < 4.78 is 1.86. The van der Waals surface area contributed by atoms with Crippen LogP contribution in [0.5, 0.6) is 0 Å². The maximum absolute atomic E-state index is 4.43. The molecule has 0 amide bonds. The molecule has 0 fully saturated rings. The Balaban J connectivity index is 1.91. The molecule has 0 bridgehead atoms. The van der Waals surface area contributed by atoms with Crippen molar-refractivity contribution in [1.29, 1.82) is 0 Å². The van der Waals surface area contributed by atoms with Crippen LogP contribution < -0.4 is 5.32 Å². The molecule has 5 nitrogen and oxygen atoms in total. The largest absolute Gasteiger partial charge is 0.309 e. The van der Waals surface area contributed by atoms with Crippen LogP contribution in [0.1, 0.15) is 30.6 Å². The van der Waals surface area contributed by atoms with Gasteiger partial charge in [0.2, 0.25) is 0 Å². The van der Waals surface area contributed by atoms with E-state index in [1.54, 1.807) is 6.20 Å². The van der Waals surface area contributed by atoms with E-state index in [1.807, 2.05) is 41.4 Å². The van der Waals surface area contributed by atoms with Gasteiger partial charge < -0.3 is 5.32 Å². The van der Waals surface area contributed by atoms with Crippen molar-refractivity contribution in [3.8, 4) is 0 Å². The van der Waals surface area contributed by atoms with Gasteiger partial charge in [-0.2, -0.15) is 5.10 Å². The van der Waals surface area contributed by atoms with Crippen LogP contribution >= 0.6 is 0 Å². The number of hydrogen-bond donors (Lipinski definition) is 1. The van der Waals surface area contributed by atoms with Crippen LogP contribution in [0.25, 0.3) is 5.52 Å². The smallest absolute Gasteiger partial charge is 0.0892 e. The topological polar surface area (TPSA) is 55.1 Å². The van der Waals surface area contributed by atoms with Crippen LogP contribution in [-0.4, -0.2) is 26.1 Å². The van der Waals surface area contributed by atoms with Crippen LogP contribution in [-0.2, 0) is 6.42 Å². The number of nitrogens with zero attached hydrogens (tertiary/aromatic N) is 4. The molecule has 21 heavy (non-hydrogen) atoms. The van der Waals surface area contributed by atoms with E-state index in [0.29, 0.717) is 0 Å². The summed E-state index contributed by atoms with van der Waals surface area (Å²) in [6.45, 7) is 3.14. The molecule has 1 atom stereocenters. The van der Waals surface area contributed by atoms with Gasteiger partial charge in [-0.15, -0.1) is 0 Å². The first kappa shape index (κ1) is 13.7. The number of aromatic nitrogens is 4. The van der Waals surface area contributed by atoms with Gasteiger partial charge >= 0.3 is 0 Å². The minimum atomic E-state index is 0.196. The monoisotopic (exact) mass is 281 g/mol. The Morgan fingerprint density at radius 3 is 3.00 bits per heavy atom. The fraction of sp³-hybridized carbons (Fsp3) is 0.312. The first-order valence-corrected chi connectivity index (χ1v) is 7.29. The molecule has 0 aliphatic heterocycles. The summed E-state index contributed by atoms with van der Waals surface area (Å²) in [5.74, 6) is 0. The Morgan fingerprint density at radius 2 is 2.19 bits per heavy atom. The highest BCUT2D eigenvalue weighted by Crippen LogP contribution is 2.21. The number of nitrogens with one attached hydrogen (secondary N) is 1. The van der Waals surface area contributed by atoms with Crippen molar-refractivity contribution < 1.29 is 0 Å². The van der Waals surface area contributed by atoms with Crippen molar-refractivity contribution in [1.82, 2.24) is 24.9 Å². The van der Waals surface area contributed by atoms with Crippen LogP contribution in [0.3, 0.4) is 0 Å². The van der Waals surface area contributed by atoms with Crippen molar-refractivity contribution in [2.45, 2.75) is 25.8 Å². The molecule has 1 unspecified atom stereocenters. The van der Waals surface area contributed by atoms with Gasteiger partial charge in [-0.3, -0.25) is 9.97 Å². The molecule has 0 saturated heterocycles. The van der Waals surface area contributed by atoms with Crippen molar-refractivity contribution >= 4 is 5.52 Å². The minimum absolute atomic E-state index is 0.196. The van der Waals surface area contributed by atoms with Crippen LogP contribution in [0.15, 0.2) is 49.2 Å². The SMILES string of the molecule is CCCNC(Cc1ccccn1)c1cnn2ccncc12. The lowest BCUT2D eigenvalue weighted by molar-refractivity contribution is 0.527. The second-order valence-corrected chi connectivity index (χ2v) is 5.04. The summed E-state index contributed by atoms with van der Waals surface area (Å²) in [6.07, 6.45) is 11.2. The molecule has 0 aromatic carbocycles. The molecular formula is C16H19N5. The molecular weight excluding hydrogens is 262 g/mol. The molecule has 0 spiro atoms. The molecule has 0 saturated carbocycles. The predicted octanol–water partition coefficient (Wildman–Crippen LogP) is 2.41. The maximum Gasteiger partial charge on any atom is 0.0892 e. The standard InChI is InChI=1S/C16H19N5/c1-2-6-19-15(10-13-5-3-4-7-18-13)14-11-20-21-9-8-17-12-16(14)21/h3-5,7-9,11-12,15,19H,2,6,10H2,1H3. The fourth-order valence-corrected chi connectivity index (χ4v) is 2.46. The highest BCUT2D eigenvalue weighted by atomic mass is 15.2. The molecule has 3 rings (SSSR count). The number of hydrogen-bond acceptors (Lipinski definition) is 4.